The lowest BCUT2D eigenvalue weighted by atomic mass is 10.1. The average Bonchev–Trinajstić information content (AvgIpc) is 2.64. The van der Waals surface area contributed by atoms with Gasteiger partial charge in [0.25, 0.3) is 0 Å². The highest BCUT2D eigenvalue weighted by Crippen LogP contribution is 2.28. The average molecular weight is 349 g/mol. The number of rotatable bonds is 7. The van der Waals surface area contributed by atoms with E-state index in [4.69, 9.17) is 4.74 Å². The summed E-state index contributed by atoms with van der Waals surface area (Å²) in [4.78, 5) is 4.51. The summed E-state index contributed by atoms with van der Waals surface area (Å²) < 4.78 is 5.83. The van der Waals surface area contributed by atoms with E-state index >= 15 is 0 Å². The van der Waals surface area contributed by atoms with E-state index in [0.717, 1.165) is 23.5 Å². The van der Waals surface area contributed by atoms with E-state index in [0.29, 0.717) is 11.8 Å². The van der Waals surface area contributed by atoms with Gasteiger partial charge in [0.05, 0.1) is 18.0 Å². The van der Waals surface area contributed by atoms with Gasteiger partial charge in [0.1, 0.15) is 5.75 Å². The number of nitrogens with one attached hydrogen (secondary N) is 2. The zero-order valence-electron chi connectivity index (χ0n) is 15.2. The number of aryl methyl sites for hydroxylation is 1. The van der Waals surface area contributed by atoms with E-state index in [9.17, 15) is 0 Å². The Bertz CT molecular complexity index is 866. The Morgan fingerprint density at radius 2 is 1.69 bits per heavy atom. The number of benzene rings is 2. The van der Waals surface area contributed by atoms with Gasteiger partial charge in [-0.05, 0) is 44.0 Å². The van der Waals surface area contributed by atoms with Crippen LogP contribution in [0.3, 0.4) is 0 Å². The fourth-order valence-corrected chi connectivity index (χ4v) is 2.55. The van der Waals surface area contributed by atoms with Gasteiger partial charge in [0, 0.05) is 5.69 Å². The van der Waals surface area contributed by atoms with E-state index in [1.807, 2.05) is 56.3 Å². The van der Waals surface area contributed by atoms with Crippen molar-refractivity contribution in [3.63, 3.8) is 0 Å². The second kappa shape index (κ2) is 8.29. The van der Waals surface area contributed by atoms with Crippen LogP contribution in [0, 0.1) is 0 Å². The predicted molar refractivity (Wildman–Crippen MR) is 104 cm³/mol. The van der Waals surface area contributed by atoms with Crippen LogP contribution in [0.4, 0.5) is 23.1 Å². The van der Waals surface area contributed by atoms with E-state index in [2.05, 4.69) is 38.8 Å². The number of hydrogen-bond donors (Lipinski definition) is 2. The van der Waals surface area contributed by atoms with Crippen LogP contribution in [-0.2, 0) is 6.42 Å². The molecule has 6 nitrogen and oxygen atoms in total. The first kappa shape index (κ1) is 17.7. The minimum Gasteiger partial charge on any atom is -0.489 e. The summed E-state index contributed by atoms with van der Waals surface area (Å²) in [7, 11) is 0. The van der Waals surface area contributed by atoms with Crippen LogP contribution >= 0.6 is 0 Å². The highest BCUT2D eigenvalue weighted by Gasteiger charge is 2.08. The largest absolute Gasteiger partial charge is 0.489 e. The van der Waals surface area contributed by atoms with Crippen LogP contribution in [0.25, 0.3) is 0 Å². The van der Waals surface area contributed by atoms with Crippen LogP contribution in [0.2, 0.25) is 0 Å². The molecule has 0 amide bonds. The fraction of sp³-hybridized carbons (Fsp3) is 0.250. The Balaban J connectivity index is 1.80. The Labute approximate surface area is 153 Å². The second-order valence-corrected chi connectivity index (χ2v) is 6.09. The highest BCUT2D eigenvalue weighted by molar-refractivity contribution is 5.65. The van der Waals surface area contributed by atoms with E-state index < -0.39 is 0 Å². The predicted octanol–water partition coefficient (Wildman–Crippen LogP) is 4.71. The van der Waals surface area contributed by atoms with Crippen molar-refractivity contribution in [3.8, 4) is 5.75 Å². The molecule has 1 heterocycles. The van der Waals surface area contributed by atoms with Gasteiger partial charge in [0.15, 0.2) is 5.82 Å². The van der Waals surface area contributed by atoms with Crippen molar-refractivity contribution in [3.05, 3.63) is 60.3 Å². The van der Waals surface area contributed by atoms with E-state index in [1.165, 1.54) is 5.56 Å². The molecule has 0 bridgehead atoms. The van der Waals surface area contributed by atoms with Gasteiger partial charge in [-0.3, -0.25) is 0 Å². The first-order valence-corrected chi connectivity index (χ1v) is 8.73. The normalized spacial score (nSPS) is 10.6. The topological polar surface area (TPSA) is 72.0 Å². The van der Waals surface area contributed by atoms with Crippen LogP contribution in [0.1, 0.15) is 26.3 Å². The minimum absolute atomic E-state index is 0.0873. The second-order valence-electron chi connectivity index (χ2n) is 6.09. The molecule has 3 aromatic rings. The molecule has 0 aliphatic carbocycles. The maximum absolute atomic E-state index is 5.83. The van der Waals surface area contributed by atoms with Crippen molar-refractivity contribution in [2.45, 2.75) is 33.3 Å². The standard InChI is InChI=1S/C20H23N5O/c1-4-15-9-5-6-10-16(15)23-20-24-19(13-21-25-20)22-17-11-7-8-12-18(17)26-14(2)3/h5-14H,4H2,1-3H3,(H2,22,23,24,25). The molecule has 0 aliphatic heterocycles. The van der Waals surface area contributed by atoms with Gasteiger partial charge in [-0.2, -0.15) is 10.1 Å². The minimum atomic E-state index is 0.0873. The summed E-state index contributed by atoms with van der Waals surface area (Å²) in [5, 5.41) is 14.6. The van der Waals surface area contributed by atoms with Crippen molar-refractivity contribution in [2.75, 3.05) is 10.6 Å². The van der Waals surface area contributed by atoms with Crippen molar-refractivity contribution in [1.29, 1.82) is 0 Å². The molecule has 0 fully saturated rings. The molecule has 2 N–H and O–H groups in total. The summed E-state index contributed by atoms with van der Waals surface area (Å²) in [5.74, 6) is 1.81. The highest BCUT2D eigenvalue weighted by atomic mass is 16.5. The molecule has 2 aromatic carbocycles. The maximum Gasteiger partial charge on any atom is 0.249 e. The maximum atomic E-state index is 5.83. The molecule has 1 aromatic heterocycles. The number of nitrogens with zero attached hydrogens (tertiary/aromatic N) is 3. The molecule has 134 valence electrons. The molecule has 0 aliphatic rings. The summed E-state index contributed by atoms with van der Waals surface area (Å²) >= 11 is 0. The van der Waals surface area contributed by atoms with Gasteiger partial charge < -0.3 is 15.4 Å². The third kappa shape index (κ3) is 4.47. The van der Waals surface area contributed by atoms with Crippen molar-refractivity contribution in [2.24, 2.45) is 0 Å². The molecular weight excluding hydrogens is 326 g/mol. The quantitative estimate of drug-likeness (QED) is 0.644. The smallest absolute Gasteiger partial charge is 0.249 e. The summed E-state index contributed by atoms with van der Waals surface area (Å²) in [5.41, 5.74) is 3.02. The van der Waals surface area contributed by atoms with E-state index in [-0.39, 0.29) is 6.10 Å². The summed E-state index contributed by atoms with van der Waals surface area (Å²) in [6, 6.07) is 15.8. The molecule has 0 saturated carbocycles. The summed E-state index contributed by atoms with van der Waals surface area (Å²) in [6.07, 6.45) is 2.60. The number of para-hydroxylation sites is 3. The van der Waals surface area contributed by atoms with Gasteiger partial charge >= 0.3 is 0 Å². The lowest BCUT2D eigenvalue weighted by Gasteiger charge is -2.15. The van der Waals surface area contributed by atoms with Crippen LogP contribution in [0.5, 0.6) is 5.75 Å². The molecule has 26 heavy (non-hydrogen) atoms. The van der Waals surface area contributed by atoms with Crippen molar-refractivity contribution >= 4 is 23.1 Å². The Hall–Kier alpha value is -3.15. The lowest BCUT2D eigenvalue weighted by molar-refractivity contribution is 0.244. The molecule has 0 unspecified atom stereocenters. The number of hydrogen-bond acceptors (Lipinski definition) is 6. The van der Waals surface area contributed by atoms with Crippen LogP contribution in [-0.4, -0.2) is 21.3 Å². The van der Waals surface area contributed by atoms with E-state index in [1.54, 1.807) is 6.20 Å². The molecule has 0 radical (unpaired) electrons. The monoisotopic (exact) mass is 349 g/mol. The van der Waals surface area contributed by atoms with Gasteiger partial charge in [-0.25, -0.2) is 0 Å². The van der Waals surface area contributed by atoms with Gasteiger partial charge in [0.2, 0.25) is 5.95 Å². The first-order chi connectivity index (χ1) is 12.7. The molecule has 3 rings (SSSR count). The van der Waals surface area contributed by atoms with Crippen molar-refractivity contribution < 1.29 is 4.74 Å². The van der Waals surface area contributed by atoms with Crippen LogP contribution in [0.15, 0.2) is 54.7 Å². The Kier molecular flexibility index (Phi) is 5.63. The Morgan fingerprint density at radius 3 is 2.46 bits per heavy atom. The number of anilines is 4. The fourth-order valence-electron chi connectivity index (χ4n) is 2.55. The molecule has 0 spiro atoms. The number of aromatic nitrogens is 3. The summed E-state index contributed by atoms with van der Waals surface area (Å²) in [6.45, 7) is 6.11. The zero-order chi connectivity index (χ0) is 18.4. The third-order valence-corrected chi connectivity index (χ3v) is 3.72. The molecule has 0 atom stereocenters. The zero-order valence-corrected chi connectivity index (χ0v) is 15.2. The SMILES string of the molecule is CCc1ccccc1Nc1nncc(Nc2ccccc2OC(C)C)n1. The lowest BCUT2D eigenvalue weighted by Crippen LogP contribution is -2.08. The molecule has 6 heteroatoms. The molecule has 0 saturated heterocycles. The first-order valence-electron chi connectivity index (χ1n) is 8.73. The van der Waals surface area contributed by atoms with Gasteiger partial charge in [-0.1, -0.05) is 37.3 Å². The van der Waals surface area contributed by atoms with Gasteiger partial charge in [-0.15, -0.1) is 5.10 Å². The number of ether oxygens (including phenoxy) is 1. The third-order valence-electron chi connectivity index (χ3n) is 3.72. The van der Waals surface area contributed by atoms with Crippen molar-refractivity contribution in [1.82, 2.24) is 15.2 Å². The molecular formula is C20H23N5O. The van der Waals surface area contributed by atoms with Crippen LogP contribution < -0.4 is 15.4 Å². The Morgan fingerprint density at radius 1 is 0.962 bits per heavy atom.